The fourth-order valence-electron chi connectivity index (χ4n) is 3.68. The van der Waals surface area contributed by atoms with Gasteiger partial charge in [0, 0.05) is 13.1 Å². The van der Waals surface area contributed by atoms with Crippen molar-refractivity contribution in [3.05, 3.63) is 41.1 Å². The van der Waals surface area contributed by atoms with Crippen LogP contribution >= 0.6 is 12.2 Å². The zero-order valence-corrected chi connectivity index (χ0v) is 16.5. The van der Waals surface area contributed by atoms with Crippen molar-refractivity contribution in [3.63, 3.8) is 0 Å². The Morgan fingerprint density at radius 3 is 2.24 bits per heavy atom. The third-order valence-electron chi connectivity index (χ3n) is 5.31. The fraction of sp³-hybridized carbons (Fsp3) is 0.524. The fourth-order valence-corrected chi connectivity index (χ4v) is 4.01. The van der Waals surface area contributed by atoms with Crippen LogP contribution in [-0.4, -0.2) is 33.9 Å². The molecule has 25 heavy (non-hydrogen) atoms. The van der Waals surface area contributed by atoms with E-state index >= 15 is 0 Å². The molecule has 1 saturated carbocycles. The van der Waals surface area contributed by atoms with Gasteiger partial charge in [-0.25, -0.2) is 0 Å². The molecule has 2 fully saturated rings. The van der Waals surface area contributed by atoms with Crippen molar-refractivity contribution in [1.29, 1.82) is 0 Å². The largest absolute Gasteiger partial charge is 0.317 e. The Labute approximate surface area is 156 Å². The highest BCUT2D eigenvalue weighted by Crippen LogP contribution is 2.31. The lowest BCUT2D eigenvalue weighted by Gasteiger charge is -2.30. The van der Waals surface area contributed by atoms with E-state index in [0.29, 0.717) is 10.8 Å². The molecule has 1 aromatic carbocycles. The summed E-state index contributed by atoms with van der Waals surface area (Å²) in [5.74, 6) is 0.0549. The number of carbonyl (C=O) groups excluding carboxylic acids is 1. The number of hydrogen-bond donors (Lipinski definition) is 0. The van der Waals surface area contributed by atoms with Crippen LogP contribution in [0.25, 0.3) is 6.08 Å². The highest BCUT2D eigenvalue weighted by atomic mass is 32.1. The molecule has 0 atom stereocenters. The van der Waals surface area contributed by atoms with Gasteiger partial charge in [0.25, 0.3) is 5.91 Å². The third kappa shape index (κ3) is 3.64. The Morgan fingerprint density at radius 1 is 1.08 bits per heavy atom. The van der Waals surface area contributed by atoms with E-state index in [4.69, 9.17) is 12.2 Å². The predicted octanol–water partition coefficient (Wildman–Crippen LogP) is 4.72. The molecule has 134 valence electrons. The number of carbonyl (C=O) groups is 1. The van der Waals surface area contributed by atoms with Gasteiger partial charge in [-0.3, -0.25) is 9.69 Å². The van der Waals surface area contributed by atoms with Gasteiger partial charge in [0.2, 0.25) is 0 Å². The molecule has 1 heterocycles. The van der Waals surface area contributed by atoms with E-state index in [-0.39, 0.29) is 17.4 Å². The van der Waals surface area contributed by atoms with Crippen molar-refractivity contribution >= 4 is 29.3 Å². The Kier molecular flexibility index (Phi) is 5.01. The minimum absolute atomic E-state index is 0.0549. The number of amides is 1. The van der Waals surface area contributed by atoms with Crippen molar-refractivity contribution in [1.82, 2.24) is 9.80 Å². The predicted molar refractivity (Wildman–Crippen MR) is 107 cm³/mol. The Bertz CT molecular complexity index is 694. The maximum absolute atomic E-state index is 13.0. The summed E-state index contributed by atoms with van der Waals surface area (Å²) in [4.78, 5) is 16.7. The summed E-state index contributed by atoms with van der Waals surface area (Å²) in [7, 11) is 1.90. The van der Waals surface area contributed by atoms with E-state index in [1.54, 1.807) is 0 Å². The number of rotatable bonds is 2. The SMILES string of the molecule is CN1C(=S)N(C2CCCCC2)C(=O)/C1=C/c1ccc(C(C)(C)C)cc1. The third-order valence-corrected chi connectivity index (χ3v) is 5.78. The molecule has 4 heteroatoms. The summed E-state index contributed by atoms with van der Waals surface area (Å²) >= 11 is 5.57. The molecule has 1 aliphatic carbocycles. The molecule has 1 saturated heterocycles. The van der Waals surface area contributed by atoms with Crippen molar-refractivity contribution in [2.45, 2.75) is 64.3 Å². The number of nitrogens with zero attached hydrogens (tertiary/aromatic N) is 2. The lowest BCUT2D eigenvalue weighted by atomic mass is 9.86. The molecule has 0 spiro atoms. The van der Waals surface area contributed by atoms with Gasteiger partial charge in [-0.05, 0) is 47.7 Å². The molecule has 0 radical (unpaired) electrons. The maximum atomic E-state index is 13.0. The lowest BCUT2D eigenvalue weighted by molar-refractivity contribution is -0.124. The lowest BCUT2D eigenvalue weighted by Crippen LogP contribution is -2.41. The van der Waals surface area contributed by atoms with E-state index in [1.165, 1.54) is 24.8 Å². The van der Waals surface area contributed by atoms with Crippen LogP contribution in [0.15, 0.2) is 30.0 Å². The average Bonchev–Trinajstić information content (AvgIpc) is 2.79. The summed E-state index contributed by atoms with van der Waals surface area (Å²) in [5.41, 5.74) is 3.14. The summed E-state index contributed by atoms with van der Waals surface area (Å²) < 4.78 is 0. The molecule has 3 rings (SSSR count). The monoisotopic (exact) mass is 356 g/mol. The van der Waals surface area contributed by atoms with Gasteiger partial charge in [0.15, 0.2) is 5.11 Å². The van der Waals surface area contributed by atoms with Crippen molar-refractivity contribution in [2.24, 2.45) is 0 Å². The number of thiocarbonyl (C=S) groups is 1. The van der Waals surface area contributed by atoms with Gasteiger partial charge < -0.3 is 4.90 Å². The maximum Gasteiger partial charge on any atom is 0.277 e. The van der Waals surface area contributed by atoms with Crippen molar-refractivity contribution < 1.29 is 4.79 Å². The summed E-state index contributed by atoms with van der Waals surface area (Å²) in [5, 5.41) is 0.648. The van der Waals surface area contributed by atoms with Crippen LogP contribution in [0.5, 0.6) is 0 Å². The Morgan fingerprint density at radius 2 is 1.68 bits per heavy atom. The molecular weight excluding hydrogens is 328 g/mol. The van der Waals surface area contributed by atoms with Crippen molar-refractivity contribution in [2.75, 3.05) is 7.05 Å². The van der Waals surface area contributed by atoms with E-state index in [0.717, 1.165) is 18.4 Å². The van der Waals surface area contributed by atoms with E-state index in [9.17, 15) is 4.79 Å². The smallest absolute Gasteiger partial charge is 0.277 e. The zero-order valence-electron chi connectivity index (χ0n) is 15.7. The molecule has 1 aliphatic heterocycles. The topological polar surface area (TPSA) is 23.6 Å². The highest BCUT2D eigenvalue weighted by molar-refractivity contribution is 7.80. The van der Waals surface area contributed by atoms with Crippen LogP contribution in [0.1, 0.15) is 64.0 Å². The van der Waals surface area contributed by atoms with Gasteiger partial charge in [0.1, 0.15) is 5.70 Å². The quantitative estimate of drug-likeness (QED) is 0.566. The molecule has 3 nitrogen and oxygen atoms in total. The molecule has 0 N–H and O–H groups in total. The first-order valence-corrected chi connectivity index (χ1v) is 9.63. The van der Waals surface area contributed by atoms with Crippen molar-refractivity contribution in [3.8, 4) is 0 Å². The molecule has 0 bridgehead atoms. The Hall–Kier alpha value is -1.68. The van der Waals surface area contributed by atoms with Crippen LogP contribution < -0.4 is 0 Å². The second-order valence-electron chi connectivity index (χ2n) is 8.21. The van der Waals surface area contributed by atoms with E-state index in [1.807, 2.05) is 22.9 Å². The summed E-state index contributed by atoms with van der Waals surface area (Å²) in [6, 6.07) is 8.72. The number of hydrogen-bond acceptors (Lipinski definition) is 2. The molecule has 1 amide bonds. The molecule has 2 aliphatic rings. The molecule has 0 aromatic heterocycles. The molecule has 1 aromatic rings. The van der Waals surface area contributed by atoms with Gasteiger partial charge >= 0.3 is 0 Å². The normalized spacial score (nSPS) is 21.5. The second kappa shape index (κ2) is 6.91. The average molecular weight is 357 g/mol. The van der Waals surface area contributed by atoms with Crippen LogP contribution in [0.3, 0.4) is 0 Å². The van der Waals surface area contributed by atoms with Crippen LogP contribution in [0.4, 0.5) is 0 Å². The summed E-state index contributed by atoms with van der Waals surface area (Å²) in [6.07, 6.45) is 7.73. The van der Waals surface area contributed by atoms with Gasteiger partial charge in [0.05, 0.1) is 0 Å². The molecular formula is C21H28N2OS. The molecule has 0 unspecified atom stereocenters. The minimum atomic E-state index is 0.0549. The van der Waals surface area contributed by atoms with Crippen LogP contribution in [-0.2, 0) is 10.2 Å². The number of benzene rings is 1. The van der Waals surface area contributed by atoms with E-state index < -0.39 is 0 Å². The minimum Gasteiger partial charge on any atom is -0.317 e. The standard InChI is InChI=1S/C21H28N2OS/c1-21(2,3)16-12-10-15(11-13-16)14-18-19(24)23(20(25)22(18)4)17-8-6-5-7-9-17/h10-14,17H,5-9H2,1-4H3/b18-14-. The van der Waals surface area contributed by atoms with Gasteiger partial charge in [-0.1, -0.05) is 64.3 Å². The first-order chi connectivity index (χ1) is 11.8. The number of likely N-dealkylation sites (N-methyl/N-ethyl adjacent to an activating group) is 1. The highest BCUT2D eigenvalue weighted by Gasteiger charge is 2.40. The first-order valence-electron chi connectivity index (χ1n) is 9.22. The van der Waals surface area contributed by atoms with E-state index in [2.05, 4.69) is 45.0 Å². The van der Waals surface area contributed by atoms with Crippen LogP contribution in [0.2, 0.25) is 0 Å². The van der Waals surface area contributed by atoms with Crippen LogP contribution in [0, 0.1) is 0 Å². The van der Waals surface area contributed by atoms with Gasteiger partial charge in [-0.2, -0.15) is 0 Å². The zero-order chi connectivity index (χ0) is 18.2. The first kappa shape index (κ1) is 18.1. The van der Waals surface area contributed by atoms with Gasteiger partial charge in [-0.15, -0.1) is 0 Å². The summed E-state index contributed by atoms with van der Waals surface area (Å²) in [6.45, 7) is 6.61. The Balaban J connectivity index is 1.85. The second-order valence-corrected chi connectivity index (χ2v) is 8.58.